The van der Waals surface area contributed by atoms with Crippen molar-refractivity contribution in [1.82, 2.24) is 4.90 Å². The zero-order chi connectivity index (χ0) is 14.7. The summed E-state index contributed by atoms with van der Waals surface area (Å²) in [4.78, 5) is 4.62. The summed E-state index contributed by atoms with van der Waals surface area (Å²) in [5.41, 5.74) is 7.31. The molecule has 0 aromatic heterocycles. The minimum atomic E-state index is 0.0533. The summed E-state index contributed by atoms with van der Waals surface area (Å²) in [7, 11) is 2.15. The number of anilines is 1. The van der Waals surface area contributed by atoms with Crippen LogP contribution in [-0.4, -0.2) is 48.7 Å². The first-order valence-electron chi connectivity index (χ1n) is 6.80. The van der Waals surface area contributed by atoms with Crippen LogP contribution in [0, 0.1) is 0 Å². The first kappa shape index (κ1) is 14.9. The van der Waals surface area contributed by atoms with Gasteiger partial charge in [0, 0.05) is 31.4 Å². The summed E-state index contributed by atoms with van der Waals surface area (Å²) < 4.78 is 0. The maximum absolute atomic E-state index is 8.95. The molecule has 1 aliphatic rings. The zero-order valence-electron chi connectivity index (χ0n) is 11.9. The molecule has 1 unspecified atom stereocenters. The van der Waals surface area contributed by atoms with Crippen LogP contribution < -0.4 is 10.6 Å². The van der Waals surface area contributed by atoms with Gasteiger partial charge in [0.15, 0.2) is 5.84 Å². The highest BCUT2D eigenvalue weighted by Gasteiger charge is 2.25. The minimum Gasteiger partial charge on any atom is -0.409 e. The van der Waals surface area contributed by atoms with Gasteiger partial charge in [-0.05, 0) is 25.6 Å². The molecule has 0 aliphatic carbocycles. The first-order valence-corrected chi connectivity index (χ1v) is 7.17. The number of benzene rings is 1. The number of rotatable bonds is 3. The summed E-state index contributed by atoms with van der Waals surface area (Å²) in [5.74, 6) is 0.0533. The number of halogens is 1. The molecule has 3 N–H and O–H groups in total. The van der Waals surface area contributed by atoms with Crippen molar-refractivity contribution >= 4 is 23.1 Å². The van der Waals surface area contributed by atoms with E-state index in [0.29, 0.717) is 16.6 Å². The number of amidine groups is 1. The van der Waals surface area contributed by atoms with E-state index in [1.54, 1.807) is 6.07 Å². The molecule has 0 saturated carbocycles. The van der Waals surface area contributed by atoms with E-state index in [-0.39, 0.29) is 5.84 Å². The molecule has 1 saturated heterocycles. The Labute approximate surface area is 124 Å². The summed E-state index contributed by atoms with van der Waals surface area (Å²) >= 11 is 6.21. The highest BCUT2D eigenvalue weighted by Crippen LogP contribution is 2.29. The Morgan fingerprint density at radius 1 is 1.50 bits per heavy atom. The van der Waals surface area contributed by atoms with Crippen LogP contribution in [0.15, 0.2) is 23.4 Å². The van der Waals surface area contributed by atoms with Crippen molar-refractivity contribution in [1.29, 1.82) is 0 Å². The quantitative estimate of drug-likeness (QED) is 0.387. The SMILES string of the molecule is CCC1CN(c2cccc(Cl)c2C(N)=NO)CCN1C. The van der Waals surface area contributed by atoms with E-state index in [1.165, 1.54) is 0 Å². The number of piperazine rings is 1. The van der Waals surface area contributed by atoms with E-state index in [4.69, 9.17) is 22.5 Å². The molecule has 20 heavy (non-hydrogen) atoms. The molecule has 1 aliphatic heterocycles. The van der Waals surface area contributed by atoms with E-state index in [2.05, 4.69) is 28.9 Å². The third-order valence-corrected chi connectivity index (χ3v) is 4.26. The third kappa shape index (κ3) is 2.83. The van der Waals surface area contributed by atoms with E-state index >= 15 is 0 Å². The maximum Gasteiger partial charge on any atom is 0.173 e. The van der Waals surface area contributed by atoms with Crippen molar-refractivity contribution in [3.8, 4) is 0 Å². The highest BCUT2D eigenvalue weighted by atomic mass is 35.5. The summed E-state index contributed by atoms with van der Waals surface area (Å²) in [5, 5.41) is 12.6. The minimum absolute atomic E-state index is 0.0533. The second-order valence-electron chi connectivity index (χ2n) is 5.11. The Bertz CT molecular complexity index is 506. The van der Waals surface area contributed by atoms with Gasteiger partial charge >= 0.3 is 0 Å². The largest absolute Gasteiger partial charge is 0.409 e. The predicted octanol–water partition coefficient (Wildman–Crippen LogP) is 1.96. The highest BCUT2D eigenvalue weighted by molar-refractivity contribution is 6.34. The van der Waals surface area contributed by atoms with E-state index in [9.17, 15) is 0 Å². The Balaban J connectivity index is 2.36. The summed E-state index contributed by atoms with van der Waals surface area (Å²) in [6, 6.07) is 6.12. The van der Waals surface area contributed by atoms with E-state index < -0.39 is 0 Å². The van der Waals surface area contributed by atoms with Gasteiger partial charge in [-0.25, -0.2) is 0 Å². The van der Waals surface area contributed by atoms with Crippen molar-refractivity contribution in [2.45, 2.75) is 19.4 Å². The van der Waals surface area contributed by atoms with Gasteiger partial charge in [0.05, 0.1) is 10.6 Å². The van der Waals surface area contributed by atoms with Gasteiger partial charge in [-0.15, -0.1) is 0 Å². The van der Waals surface area contributed by atoms with Crippen LogP contribution in [-0.2, 0) is 0 Å². The number of likely N-dealkylation sites (N-methyl/N-ethyl adjacent to an activating group) is 1. The van der Waals surface area contributed by atoms with E-state index in [0.717, 1.165) is 31.7 Å². The molecule has 0 bridgehead atoms. The monoisotopic (exact) mass is 296 g/mol. The molecular weight excluding hydrogens is 276 g/mol. The number of nitrogens with two attached hydrogens (primary N) is 1. The van der Waals surface area contributed by atoms with Crippen LogP contribution in [0.5, 0.6) is 0 Å². The molecule has 110 valence electrons. The van der Waals surface area contributed by atoms with Crippen LogP contribution in [0.2, 0.25) is 5.02 Å². The summed E-state index contributed by atoms with van der Waals surface area (Å²) in [6.45, 7) is 4.99. The lowest BCUT2D eigenvalue weighted by Gasteiger charge is -2.41. The molecular formula is C14H21ClN4O. The molecule has 1 atom stereocenters. The van der Waals surface area contributed by atoms with Crippen molar-refractivity contribution in [2.75, 3.05) is 31.6 Å². The van der Waals surface area contributed by atoms with E-state index in [1.807, 2.05) is 12.1 Å². The van der Waals surface area contributed by atoms with Crippen molar-refractivity contribution in [2.24, 2.45) is 10.9 Å². The lowest BCUT2D eigenvalue weighted by Crippen LogP contribution is -2.51. The van der Waals surface area contributed by atoms with Crippen LogP contribution in [0.4, 0.5) is 5.69 Å². The van der Waals surface area contributed by atoms with Gasteiger partial charge in [0.1, 0.15) is 0 Å². The predicted molar refractivity (Wildman–Crippen MR) is 82.9 cm³/mol. The molecule has 1 aromatic carbocycles. The summed E-state index contributed by atoms with van der Waals surface area (Å²) in [6.07, 6.45) is 1.09. The molecule has 0 amide bonds. The van der Waals surface area contributed by atoms with Gasteiger partial charge in [-0.1, -0.05) is 29.7 Å². The molecule has 6 heteroatoms. The fourth-order valence-corrected chi connectivity index (χ4v) is 2.95. The number of hydrogen-bond acceptors (Lipinski definition) is 4. The van der Waals surface area contributed by atoms with Crippen LogP contribution in [0.25, 0.3) is 0 Å². The standard InChI is InChI=1S/C14H21ClN4O/c1-3-10-9-19(8-7-18(10)2)12-6-4-5-11(15)13(12)14(16)17-20/h4-6,10,20H,3,7-9H2,1-2H3,(H2,16,17). The van der Waals surface area contributed by atoms with Crippen molar-refractivity contribution in [3.05, 3.63) is 28.8 Å². The zero-order valence-corrected chi connectivity index (χ0v) is 12.6. The lowest BCUT2D eigenvalue weighted by atomic mass is 10.1. The molecule has 0 radical (unpaired) electrons. The van der Waals surface area contributed by atoms with Crippen molar-refractivity contribution in [3.63, 3.8) is 0 Å². The molecule has 0 spiro atoms. The Morgan fingerprint density at radius 2 is 2.25 bits per heavy atom. The molecule has 1 heterocycles. The topological polar surface area (TPSA) is 65.1 Å². The second kappa shape index (κ2) is 6.33. The number of nitrogens with zero attached hydrogens (tertiary/aromatic N) is 3. The van der Waals surface area contributed by atoms with Gasteiger partial charge in [-0.2, -0.15) is 0 Å². The van der Waals surface area contributed by atoms with Gasteiger partial charge in [0.2, 0.25) is 0 Å². The fraction of sp³-hybridized carbons (Fsp3) is 0.500. The molecule has 2 rings (SSSR count). The number of hydrogen-bond donors (Lipinski definition) is 2. The second-order valence-corrected chi connectivity index (χ2v) is 5.52. The van der Waals surface area contributed by atoms with Crippen LogP contribution in [0.1, 0.15) is 18.9 Å². The maximum atomic E-state index is 8.95. The fourth-order valence-electron chi connectivity index (χ4n) is 2.69. The molecule has 1 fully saturated rings. The third-order valence-electron chi connectivity index (χ3n) is 3.94. The average Bonchev–Trinajstić information content (AvgIpc) is 2.46. The smallest absolute Gasteiger partial charge is 0.173 e. The Kier molecular flexibility index (Phi) is 4.73. The lowest BCUT2D eigenvalue weighted by molar-refractivity contribution is 0.213. The van der Waals surface area contributed by atoms with Crippen LogP contribution in [0.3, 0.4) is 0 Å². The molecule has 5 nitrogen and oxygen atoms in total. The van der Waals surface area contributed by atoms with Crippen molar-refractivity contribution < 1.29 is 5.21 Å². The Morgan fingerprint density at radius 3 is 2.90 bits per heavy atom. The average molecular weight is 297 g/mol. The van der Waals surface area contributed by atoms with Gasteiger partial charge < -0.3 is 15.8 Å². The Hall–Kier alpha value is -1.46. The number of oxime groups is 1. The normalized spacial score (nSPS) is 21.2. The van der Waals surface area contributed by atoms with Crippen LogP contribution >= 0.6 is 11.6 Å². The van der Waals surface area contributed by atoms with Gasteiger partial charge in [-0.3, -0.25) is 4.90 Å². The molecule has 1 aromatic rings. The first-order chi connectivity index (χ1) is 9.58. The van der Waals surface area contributed by atoms with Gasteiger partial charge in [0.25, 0.3) is 0 Å².